The maximum atomic E-state index is 12.3. The lowest BCUT2D eigenvalue weighted by atomic mass is 10.1. The van der Waals surface area contributed by atoms with Crippen molar-refractivity contribution in [2.24, 2.45) is 5.92 Å². The summed E-state index contributed by atoms with van der Waals surface area (Å²) < 4.78 is 0. The molecule has 1 aromatic carbocycles. The summed E-state index contributed by atoms with van der Waals surface area (Å²) in [7, 11) is 0. The van der Waals surface area contributed by atoms with Gasteiger partial charge in [-0.2, -0.15) is 0 Å². The van der Waals surface area contributed by atoms with Gasteiger partial charge in [-0.1, -0.05) is 23.7 Å². The Balaban J connectivity index is 2.14. The fourth-order valence-corrected chi connectivity index (χ4v) is 2.63. The second-order valence-corrected chi connectivity index (χ2v) is 5.23. The molecule has 1 N–H and O–H groups in total. The van der Waals surface area contributed by atoms with Crippen molar-refractivity contribution in [1.82, 2.24) is 5.32 Å². The molecule has 0 bridgehead atoms. The van der Waals surface area contributed by atoms with Crippen LogP contribution >= 0.6 is 11.6 Å². The topological polar surface area (TPSA) is 49.4 Å². The summed E-state index contributed by atoms with van der Waals surface area (Å²) in [5.74, 6) is -1.08. The molecule has 1 aromatic rings. The summed E-state index contributed by atoms with van der Waals surface area (Å²) in [4.78, 5) is 25.8. The molecule has 1 saturated heterocycles. The molecule has 106 valence electrons. The number of anilines is 1. The minimum absolute atomic E-state index is 0.197. The molecule has 0 radical (unpaired) electrons. The maximum absolute atomic E-state index is 12.3. The van der Waals surface area contributed by atoms with Gasteiger partial charge in [0.15, 0.2) is 0 Å². The summed E-state index contributed by atoms with van der Waals surface area (Å²) in [5.41, 5.74) is 1.70. The fourth-order valence-electron chi connectivity index (χ4n) is 2.29. The van der Waals surface area contributed by atoms with E-state index < -0.39 is 5.92 Å². The minimum Gasteiger partial charge on any atom is -0.352 e. The molecule has 0 aliphatic carbocycles. The highest BCUT2D eigenvalue weighted by Crippen LogP contribution is 2.32. The van der Waals surface area contributed by atoms with Crippen molar-refractivity contribution in [3.05, 3.63) is 41.4 Å². The molecule has 1 heterocycles. The molecule has 20 heavy (non-hydrogen) atoms. The number of carbonyl (C=O) groups excluding carboxylic acids is 2. The summed E-state index contributed by atoms with van der Waals surface area (Å²) in [6.07, 6.45) is 2.10. The van der Waals surface area contributed by atoms with Crippen molar-refractivity contribution < 1.29 is 9.59 Å². The number of halogens is 1. The van der Waals surface area contributed by atoms with E-state index in [4.69, 9.17) is 11.6 Å². The first kappa shape index (κ1) is 14.6. The van der Waals surface area contributed by atoms with Crippen LogP contribution < -0.4 is 10.2 Å². The van der Waals surface area contributed by atoms with Crippen LogP contribution in [0.1, 0.15) is 12.0 Å². The van der Waals surface area contributed by atoms with Crippen LogP contribution in [0.25, 0.3) is 0 Å². The van der Waals surface area contributed by atoms with Gasteiger partial charge in [-0.3, -0.25) is 9.59 Å². The molecule has 2 rings (SSSR count). The van der Waals surface area contributed by atoms with E-state index in [-0.39, 0.29) is 11.8 Å². The van der Waals surface area contributed by atoms with Crippen LogP contribution in [0.3, 0.4) is 0 Å². The highest BCUT2D eigenvalue weighted by atomic mass is 35.5. The number of amides is 2. The van der Waals surface area contributed by atoms with Crippen LogP contribution in [0.4, 0.5) is 5.69 Å². The number of nitrogens with one attached hydrogen (secondary N) is 1. The Morgan fingerprint density at radius 1 is 1.60 bits per heavy atom. The molecular weight excluding hydrogens is 276 g/mol. The van der Waals surface area contributed by atoms with Gasteiger partial charge in [0.2, 0.25) is 11.8 Å². The van der Waals surface area contributed by atoms with Crippen LogP contribution in [0.15, 0.2) is 30.9 Å². The van der Waals surface area contributed by atoms with E-state index in [1.54, 1.807) is 11.0 Å². The predicted octanol–water partition coefficient (Wildman–Crippen LogP) is 2.30. The second-order valence-electron chi connectivity index (χ2n) is 4.82. The van der Waals surface area contributed by atoms with Gasteiger partial charge in [0.1, 0.15) is 5.92 Å². The molecular formula is C15H17ClN2O2. The van der Waals surface area contributed by atoms with Gasteiger partial charge < -0.3 is 10.2 Å². The average Bonchev–Trinajstić information content (AvgIpc) is 2.78. The molecule has 4 nitrogen and oxygen atoms in total. The number of aryl methyl sites for hydroxylation is 1. The van der Waals surface area contributed by atoms with E-state index in [1.807, 2.05) is 25.1 Å². The van der Waals surface area contributed by atoms with E-state index in [1.165, 1.54) is 0 Å². The van der Waals surface area contributed by atoms with Gasteiger partial charge in [0.25, 0.3) is 0 Å². The van der Waals surface area contributed by atoms with Crippen LogP contribution in [-0.2, 0) is 9.59 Å². The molecule has 1 fully saturated rings. The SMILES string of the molecule is C=CCNC(=O)C1CCN(c2ccc(C)cc2Cl)C1=O. The molecule has 0 spiro atoms. The molecule has 5 heteroatoms. The largest absolute Gasteiger partial charge is 0.352 e. The first-order chi connectivity index (χ1) is 9.54. The molecule has 1 unspecified atom stereocenters. The lowest BCUT2D eigenvalue weighted by molar-refractivity contribution is -0.131. The van der Waals surface area contributed by atoms with E-state index >= 15 is 0 Å². The summed E-state index contributed by atoms with van der Waals surface area (Å²) in [5, 5.41) is 3.20. The third-order valence-electron chi connectivity index (χ3n) is 3.34. The van der Waals surface area contributed by atoms with Gasteiger partial charge in [0.05, 0.1) is 10.7 Å². The van der Waals surface area contributed by atoms with Crippen molar-refractivity contribution >= 4 is 29.1 Å². The molecule has 1 aliphatic rings. The van der Waals surface area contributed by atoms with Gasteiger partial charge in [0, 0.05) is 13.1 Å². The number of rotatable bonds is 4. The van der Waals surface area contributed by atoms with Crippen LogP contribution in [-0.4, -0.2) is 24.9 Å². The number of hydrogen-bond acceptors (Lipinski definition) is 2. The van der Waals surface area contributed by atoms with E-state index in [0.717, 1.165) is 5.56 Å². The van der Waals surface area contributed by atoms with Crippen molar-refractivity contribution in [3.63, 3.8) is 0 Å². The van der Waals surface area contributed by atoms with Crippen molar-refractivity contribution in [2.75, 3.05) is 18.0 Å². The molecule has 0 saturated carbocycles. The molecule has 1 atom stereocenters. The predicted molar refractivity (Wildman–Crippen MR) is 79.9 cm³/mol. The van der Waals surface area contributed by atoms with Crippen molar-refractivity contribution in [3.8, 4) is 0 Å². The van der Waals surface area contributed by atoms with Gasteiger partial charge >= 0.3 is 0 Å². The third kappa shape index (κ3) is 2.85. The third-order valence-corrected chi connectivity index (χ3v) is 3.64. The number of nitrogens with zero attached hydrogens (tertiary/aromatic N) is 1. The van der Waals surface area contributed by atoms with Crippen LogP contribution in [0.2, 0.25) is 5.02 Å². The minimum atomic E-state index is -0.632. The Morgan fingerprint density at radius 2 is 2.35 bits per heavy atom. The Labute approximate surface area is 123 Å². The monoisotopic (exact) mass is 292 g/mol. The average molecular weight is 293 g/mol. The summed E-state index contributed by atoms with van der Waals surface area (Å²) in [6.45, 7) is 6.35. The van der Waals surface area contributed by atoms with Crippen LogP contribution in [0.5, 0.6) is 0 Å². The van der Waals surface area contributed by atoms with Crippen molar-refractivity contribution in [1.29, 1.82) is 0 Å². The Morgan fingerprint density at radius 3 is 3.00 bits per heavy atom. The normalized spacial score (nSPS) is 18.2. The summed E-state index contributed by atoms with van der Waals surface area (Å²) in [6, 6.07) is 5.54. The van der Waals surface area contributed by atoms with E-state index in [0.29, 0.717) is 30.2 Å². The van der Waals surface area contributed by atoms with Gasteiger partial charge in [-0.25, -0.2) is 0 Å². The lowest BCUT2D eigenvalue weighted by Crippen LogP contribution is -2.36. The second kappa shape index (κ2) is 6.09. The quantitative estimate of drug-likeness (QED) is 0.684. The highest BCUT2D eigenvalue weighted by molar-refractivity contribution is 6.34. The number of benzene rings is 1. The Hall–Kier alpha value is -1.81. The van der Waals surface area contributed by atoms with Crippen molar-refractivity contribution in [2.45, 2.75) is 13.3 Å². The standard InChI is InChI=1S/C15H17ClN2O2/c1-3-7-17-14(19)11-6-8-18(15(11)20)13-5-4-10(2)9-12(13)16/h3-5,9,11H,1,6-8H2,2H3,(H,17,19). The highest BCUT2D eigenvalue weighted by Gasteiger charge is 2.37. The molecule has 0 aromatic heterocycles. The Bertz CT molecular complexity index is 557. The zero-order chi connectivity index (χ0) is 14.7. The maximum Gasteiger partial charge on any atom is 0.239 e. The molecule has 1 aliphatic heterocycles. The fraction of sp³-hybridized carbons (Fsp3) is 0.333. The van der Waals surface area contributed by atoms with E-state index in [9.17, 15) is 9.59 Å². The zero-order valence-corrected chi connectivity index (χ0v) is 12.1. The smallest absolute Gasteiger partial charge is 0.239 e. The van der Waals surface area contributed by atoms with Gasteiger partial charge in [-0.05, 0) is 31.0 Å². The zero-order valence-electron chi connectivity index (χ0n) is 11.4. The molecule has 2 amide bonds. The van der Waals surface area contributed by atoms with E-state index in [2.05, 4.69) is 11.9 Å². The Kier molecular flexibility index (Phi) is 4.45. The number of carbonyl (C=O) groups is 2. The summed E-state index contributed by atoms with van der Waals surface area (Å²) >= 11 is 6.18. The number of hydrogen-bond donors (Lipinski definition) is 1. The van der Waals surface area contributed by atoms with Gasteiger partial charge in [-0.15, -0.1) is 6.58 Å². The lowest BCUT2D eigenvalue weighted by Gasteiger charge is -2.18. The first-order valence-corrected chi connectivity index (χ1v) is 6.88. The first-order valence-electron chi connectivity index (χ1n) is 6.50. The van der Waals surface area contributed by atoms with Crippen LogP contribution in [0, 0.1) is 12.8 Å².